The molecule has 0 atom stereocenters. The first-order valence-electron chi connectivity index (χ1n) is 8.95. The van der Waals surface area contributed by atoms with E-state index in [1.54, 1.807) is 35.2 Å². The van der Waals surface area contributed by atoms with Gasteiger partial charge in [0.05, 0.1) is 14.2 Å². The van der Waals surface area contributed by atoms with E-state index in [1.807, 2.05) is 0 Å². The van der Waals surface area contributed by atoms with Gasteiger partial charge < -0.3 is 19.1 Å². The summed E-state index contributed by atoms with van der Waals surface area (Å²) in [7, 11) is 2.94. The summed E-state index contributed by atoms with van der Waals surface area (Å²) in [5.41, 5.74) is 0.633. The van der Waals surface area contributed by atoms with Gasteiger partial charge in [-0.15, -0.1) is 0 Å². The molecule has 0 unspecified atom stereocenters. The summed E-state index contributed by atoms with van der Waals surface area (Å²) in [6.45, 7) is -0.265. The van der Waals surface area contributed by atoms with E-state index in [9.17, 15) is 14.0 Å². The number of carbonyl (C=O) groups is 2. The Morgan fingerprint density at radius 1 is 1.11 bits per heavy atom. The first kappa shape index (κ1) is 19.7. The maximum atomic E-state index is 13.9. The molecule has 0 bridgehead atoms. The molecule has 1 amide bonds. The molecule has 3 rings (SSSR count). The number of hydrogen-bond donors (Lipinski definition) is 0. The number of carbonyl (C=O) groups excluding carboxylic acids is 2. The molecule has 1 aliphatic carbocycles. The first-order valence-corrected chi connectivity index (χ1v) is 8.95. The molecular weight excluding hydrogens is 365 g/mol. The average molecular weight is 387 g/mol. The Kier molecular flexibility index (Phi) is 6.13. The summed E-state index contributed by atoms with van der Waals surface area (Å²) in [6.07, 6.45) is 1.72. The van der Waals surface area contributed by atoms with E-state index in [-0.39, 0.29) is 29.9 Å². The number of amides is 1. The van der Waals surface area contributed by atoms with Gasteiger partial charge in [-0.3, -0.25) is 4.79 Å². The van der Waals surface area contributed by atoms with Gasteiger partial charge in [0.25, 0.3) is 5.91 Å². The van der Waals surface area contributed by atoms with Gasteiger partial charge in [-0.1, -0.05) is 18.2 Å². The van der Waals surface area contributed by atoms with E-state index in [0.29, 0.717) is 17.1 Å². The molecule has 1 aliphatic rings. The molecule has 6 nitrogen and oxygen atoms in total. The SMILES string of the molecule is COc1ccc(C(=O)OCC(=O)N(Cc2ccccc2F)C2CC2)c(OC)c1. The summed E-state index contributed by atoms with van der Waals surface area (Å²) in [5, 5.41) is 0. The Morgan fingerprint density at radius 3 is 2.50 bits per heavy atom. The van der Waals surface area contributed by atoms with Crippen molar-refractivity contribution < 1.29 is 28.2 Å². The van der Waals surface area contributed by atoms with Crippen LogP contribution in [-0.4, -0.2) is 43.6 Å². The van der Waals surface area contributed by atoms with E-state index in [1.165, 1.54) is 26.4 Å². The Bertz CT molecular complexity index is 866. The van der Waals surface area contributed by atoms with Gasteiger partial charge in [0, 0.05) is 24.2 Å². The largest absolute Gasteiger partial charge is 0.497 e. The summed E-state index contributed by atoms with van der Waals surface area (Å²) >= 11 is 0. The van der Waals surface area contributed by atoms with Gasteiger partial charge in [-0.25, -0.2) is 9.18 Å². The monoisotopic (exact) mass is 387 g/mol. The molecule has 1 fully saturated rings. The van der Waals surface area contributed by atoms with Crippen LogP contribution in [0.1, 0.15) is 28.8 Å². The fraction of sp³-hybridized carbons (Fsp3) is 0.333. The minimum absolute atomic E-state index is 0.0568. The number of halogens is 1. The summed E-state index contributed by atoms with van der Waals surface area (Å²) in [5.74, 6) is -0.557. The molecule has 1 saturated carbocycles. The van der Waals surface area contributed by atoms with Crippen LogP contribution in [0, 0.1) is 5.82 Å². The van der Waals surface area contributed by atoms with Crippen LogP contribution in [0.3, 0.4) is 0 Å². The van der Waals surface area contributed by atoms with Gasteiger partial charge in [-0.05, 0) is 31.0 Å². The Morgan fingerprint density at radius 2 is 1.86 bits per heavy atom. The van der Waals surface area contributed by atoms with Gasteiger partial charge in [0.2, 0.25) is 0 Å². The number of rotatable bonds is 8. The van der Waals surface area contributed by atoms with Crippen molar-refractivity contribution in [2.75, 3.05) is 20.8 Å². The molecular formula is C21H22FNO5. The van der Waals surface area contributed by atoms with Crippen LogP contribution in [0.15, 0.2) is 42.5 Å². The van der Waals surface area contributed by atoms with Crippen molar-refractivity contribution in [1.29, 1.82) is 0 Å². The predicted octanol–water partition coefficient (Wildman–Crippen LogP) is 3.19. The van der Waals surface area contributed by atoms with E-state index >= 15 is 0 Å². The standard InChI is InChI=1S/C21H22FNO5/c1-26-16-9-10-17(19(11-16)27-2)21(25)28-13-20(24)23(15-7-8-15)12-14-5-3-4-6-18(14)22/h3-6,9-11,15H,7-8,12-13H2,1-2H3. The normalized spacial score (nSPS) is 13.0. The van der Waals surface area contributed by atoms with Gasteiger partial charge in [0.15, 0.2) is 6.61 Å². The van der Waals surface area contributed by atoms with Crippen molar-refractivity contribution in [2.45, 2.75) is 25.4 Å². The Hall–Kier alpha value is -3.09. The minimum atomic E-state index is -0.672. The highest BCUT2D eigenvalue weighted by Gasteiger charge is 2.33. The van der Waals surface area contributed by atoms with Crippen LogP contribution in [0.4, 0.5) is 4.39 Å². The number of esters is 1. The van der Waals surface area contributed by atoms with Crippen molar-refractivity contribution in [1.82, 2.24) is 4.90 Å². The number of benzene rings is 2. The highest BCUT2D eigenvalue weighted by Crippen LogP contribution is 2.29. The number of methoxy groups -OCH3 is 2. The average Bonchev–Trinajstić information content (AvgIpc) is 3.55. The molecule has 0 aliphatic heterocycles. The molecule has 0 spiro atoms. The molecule has 0 N–H and O–H groups in total. The third-order valence-electron chi connectivity index (χ3n) is 4.56. The van der Waals surface area contributed by atoms with Gasteiger partial charge in [-0.2, -0.15) is 0 Å². The maximum absolute atomic E-state index is 13.9. The van der Waals surface area contributed by atoms with Crippen molar-refractivity contribution in [3.05, 3.63) is 59.4 Å². The quantitative estimate of drug-likeness (QED) is 0.651. The zero-order valence-electron chi connectivity index (χ0n) is 15.8. The summed E-state index contributed by atoms with van der Waals surface area (Å²) < 4.78 is 29.4. The van der Waals surface area contributed by atoms with Crippen LogP contribution < -0.4 is 9.47 Å². The topological polar surface area (TPSA) is 65.1 Å². The van der Waals surface area contributed by atoms with Gasteiger partial charge >= 0.3 is 5.97 Å². The van der Waals surface area contributed by atoms with Crippen LogP contribution in [0.5, 0.6) is 11.5 Å². The van der Waals surface area contributed by atoms with Crippen LogP contribution in [-0.2, 0) is 16.1 Å². The van der Waals surface area contributed by atoms with Crippen molar-refractivity contribution in [2.24, 2.45) is 0 Å². The van der Waals surface area contributed by atoms with E-state index in [0.717, 1.165) is 12.8 Å². The zero-order chi connectivity index (χ0) is 20.1. The second-order valence-corrected chi connectivity index (χ2v) is 6.49. The summed E-state index contributed by atoms with van der Waals surface area (Å²) in [6, 6.07) is 11.1. The molecule has 0 radical (unpaired) electrons. The van der Waals surface area contributed by atoms with Crippen LogP contribution in [0.2, 0.25) is 0 Å². The minimum Gasteiger partial charge on any atom is -0.497 e. The first-order chi connectivity index (χ1) is 13.5. The van der Waals surface area contributed by atoms with Crippen molar-refractivity contribution in [3.8, 4) is 11.5 Å². The lowest BCUT2D eigenvalue weighted by Crippen LogP contribution is -2.36. The second kappa shape index (κ2) is 8.73. The predicted molar refractivity (Wildman–Crippen MR) is 99.8 cm³/mol. The Labute approximate surface area is 162 Å². The lowest BCUT2D eigenvalue weighted by atomic mass is 10.2. The molecule has 2 aromatic rings. The number of hydrogen-bond acceptors (Lipinski definition) is 5. The summed E-state index contributed by atoms with van der Waals surface area (Å²) in [4.78, 5) is 26.5. The highest BCUT2D eigenvalue weighted by atomic mass is 19.1. The van der Waals surface area contributed by atoms with E-state index < -0.39 is 12.6 Å². The molecule has 2 aromatic carbocycles. The molecule has 148 valence electrons. The smallest absolute Gasteiger partial charge is 0.342 e. The fourth-order valence-electron chi connectivity index (χ4n) is 2.87. The molecule has 28 heavy (non-hydrogen) atoms. The zero-order valence-corrected chi connectivity index (χ0v) is 15.8. The highest BCUT2D eigenvalue weighted by molar-refractivity contribution is 5.94. The third-order valence-corrected chi connectivity index (χ3v) is 4.56. The molecule has 0 heterocycles. The third kappa shape index (κ3) is 4.60. The number of ether oxygens (including phenoxy) is 3. The lowest BCUT2D eigenvalue weighted by molar-refractivity contribution is -0.135. The van der Waals surface area contributed by atoms with Crippen molar-refractivity contribution >= 4 is 11.9 Å². The second-order valence-electron chi connectivity index (χ2n) is 6.49. The molecule has 0 saturated heterocycles. The van der Waals surface area contributed by atoms with Crippen LogP contribution in [0.25, 0.3) is 0 Å². The fourth-order valence-corrected chi connectivity index (χ4v) is 2.87. The van der Waals surface area contributed by atoms with E-state index in [2.05, 4.69) is 0 Å². The van der Waals surface area contributed by atoms with Gasteiger partial charge in [0.1, 0.15) is 22.9 Å². The van der Waals surface area contributed by atoms with Crippen LogP contribution >= 0.6 is 0 Å². The Balaban J connectivity index is 1.65. The lowest BCUT2D eigenvalue weighted by Gasteiger charge is -2.22. The molecule has 7 heteroatoms. The van der Waals surface area contributed by atoms with E-state index in [4.69, 9.17) is 14.2 Å². The van der Waals surface area contributed by atoms with Crippen molar-refractivity contribution in [3.63, 3.8) is 0 Å². The molecule has 0 aromatic heterocycles. The maximum Gasteiger partial charge on any atom is 0.342 e. The number of nitrogens with zero attached hydrogens (tertiary/aromatic N) is 1.